The molecule has 4 nitrogen and oxygen atoms in total. The maximum atomic E-state index is 12.1. The normalized spacial score (nSPS) is 13.4. The lowest BCUT2D eigenvalue weighted by Crippen LogP contribution is -2.28. The van der Waals surface area contributed by atoms with Crippen LogP contribution in [0.5, 0.6) is 0 Å². The number of benzene rings is 1. The van der Waals surface area contributed by atoms with Gasteiger partial charge in [-0.15, -0.1) is 0 Å². The third-order valence-electron chi connectivity index (χ3n) is 3.22. The summed E-state index contributed by atoms with van der Waals surface area (Å²) in [5, 5.41) is 3.63. The van der Waals surface area contributed by atoms with E-state index in [0.717, 1.165) is 18.5 Å². The molecule has 2 N–H and O–H groups in total. The van der Waals surface area contributed by atoms with Crippen LogP contribution >= 0.6 is 11.6 Å². The maximum absolute atomic E-state index is 12.1. The van der Waals surface area contributed by atoms with E-state index in [-0.39, 0.29) is 4.90 Å². The van der Waals surface area contributed by atoms with Gasteiger partial charge in [0.05, 0.1) is 4.90 Å². The summed E-state index contributed by atoms with van der Waals surface area (Å²) in [6.45, 7) is 7.96. The largest absolute Gasteiger partial charge is 0.313 e. The molecular formula is C14H23ClN2O2S. The fourth-order valence-electron chi connectivity index (χ4n) is 1.58. The summed E-state index contributed by atoms with van der Waals surface area (Å²) in [5.74, 6) is 0.313. The molecular weight excluding hydrogens is 296 g/mol. The first-order valence-corrected chi connectivity index (χ1v) is 8.75. The van der Waals surface area contributed by atoms with Gasteiger partial charge in [0.15, 0.2) is 0 Å². The summed E-state index contributed by atoms with van der Waals surface area (Å²) < 4.78 is 26.9. The zero-order valence-corrected chi connectivity index (χ0v) is 13.8. The lowest BCUT2D eigenvalue weighted by atomic mass is 10.1. The zero-order chi connectivity index (χ0) is 15.2. The highest BCUT2D eigenvalue weighted by Gasteiger charge is 2.16. The third-order valence-corrected chi connectivity index (χ3v) is 4.99. The Balaban J connectivity index is 2.83. The Kier molecular flexibility index (Phi) is 6.95. The minimum absolute atomic E-state index is 0.214. The van der Waals surface area contributed by atoms with E-state index < -0.39 is 10.0 Å². The van der Waals surface area contributed by atoms with Crippen molar-refractivity contribution in [3.8, 4) is 0 Å². The zero-order valence-electron chi connectivity index (χ0n) is 12.2. The van der Waals surface area contributed by atoms with Gasteiger partial charge in [0, 0.05) is 18.1 Å². The lowest BCUT2D eigenvalue weighted by Gasteiger charge is -2.12. The highest BCUT2D eigenvalue weighted by Crippen LogP contribution is 2.21. The SMILES string of the molecule is CCNCc1ccc(S(=O)(=O)NCC(C)CC)cc1Cl. The summed E-state index contributed by atoms with van der Waals surface area (Å²) >= 11 is 6.13. The quantitative estimate of drug-likeness (QED) is 0.775. The molecule has 6 heteroatoms. The summed E-state index contributed by atoms with van der Waals surface area (Å²) in [7, 11) is -3.48. The van der Waals surface area contributed by atoms with Gasteiger partial charge in [0.2, 0.25) is 10.0 Å². The lowest BCUT2D eigenvalue weighted by molar-refractivity contribution is 0.528. The van der Waals surface area contributed by atoms with Crippen LogP contribution in [0.3, 0.4) is 0 Å². The Hall–Kier alpha value is -0.620. The van der Waals surface area contributed by atoms with E-state index in [2.05, 4.69) is 10.0 Å². The molecule has 114 valence electrons. The molecule has 0 saturated carbocycles. The summed E-state index contributed by atoms with van der Waals surface area (Å²) in [6, 6.07) is 4.85. The number of sulfonamides is 1. The first-order valence-electron chi connectivity index (χ1n) is 6.89. The van der Waals surface area contributed by atoms with Gasteiger partial charge < -0.3 is 5.32 Å². The van der Waals surface area contributed by atoms with Crippen LogP contribution < -0.4 is 10.0 Å². The van der Waals surface area contributed by atoms with Crippen LogP contribution in [0.15, 0.2) is 23.1 Å². The van der Waals surface area contributed by atoms with Crippen LogP contribution in [0.2, 0.25) is 5.02 Å². The number of rotatable bonds is 8. The molecule has 0 bridgehead atoms. The van der Waals surface area contributed by atoms with Crippen LogP contribution in [-0.2, 0) is 16.6 Å². The number of halogens is 1. The van der Waals surface area contributed by atoms with Crippen molar-refractivity contribution in [3.05, 3.63) is 28.8 Å². The Morgan fingerprint density at radius 3 is 2.55 bits per heavy atom. The van der Waals surface area contributed by atoms with E-state index in [9.17, 15) is 8.42 Å². The molecule has 0 spiro atoms. The first kappa shape index (κ1) is 17.4. The second-order valence-corrected chi connectivity index (χ2v) is 7.07. The van der Waals surface area contributed by atoms with Gasteiger partial charge in [-0.25, -0.2) is 13.1 Å². The van der Waals surface area contributed by atoms with Crippen molar-refractivity contribution < 1.29 is 8.42 Å². The summed E-state index contributed by atoms with van der Waals surface area (Å²) in [6.07, 6.45) is 0.935. The molecule has 1 rings (SSSR count). The average Bonchev–Trinajstić information content (AvgIpc) is 2.43. The predicted molar refractivity (Wildman–Crippen MR) is 83.5 cm³/mol. The standard InChI is InChI=1S/C14H23ClN2O2S/c1-4-11(3)9-17-20(18,19)13-7-6-12(10-16-5-2)14(15)8-13/h6-8,11,16-17H,4-5,9-10H2,1-3H3. The smallest absolute Gasteiger partial charge is 0.240 e. The van der Waals surface area contributed by atoms with Crippen LogP contribution in [-0.4, -0.2) is 21.5 Å². The number of nitrogens with one attached hydrogen (secondary N) is 2. The Morgan fingerprint density at radius 2 is 2.00 bits per heavy atom. The molecule has 0 aliphatic carbocycles. The molecule has 1 aromatic carbocycles. The molecule has 0 aliphatic rings. The van der Waals surface area contributed by atoms with Crippen LogP contribution in [0.1, 0.15) is 32.8 Å². The van der Waals surface area contributed by atoms with Crippen molar-refractivity contribution in [2.24, 2.45) is 5.92 Å². The van der Waals surface area contributed by atoms with Gasteiger partial charge in [-0.2, -0.15) is 0 Å². The van der Waals surface area contributed by atoms with Gasteiger partial charge >= 0.3 is 0 Å². The molecule has 0 saturated heterocycles. The average molecular weight is 319 g/mol. The molecule has 0 aromatic heterocycles. The van der Waals surface area contributed by atoms with Crippen molar-refractivity contribution in [2.75, 3.05) is 13.1 Å². The number of hydrogen-bond donors (Lipinski definition) is 2. The highest BCUT2D eigenvalue weighted by molar-refractivity contribution is 7.89. The molecule has 0 amide bonds. The second-order valence-electron chi connectivity index (χ2n) is 4.90. The molecule has 20 heavy (non-hydrogen) atoms. The monoisotopic (exact) mass is 318 g/mol. The van der Waals surface area contributed by atoms with Gasteiger partial charge in [0.25, 0.3) is 0 Å². The van der Waals surface area contributed by atoms with Crippen LogP contribution in [0.25, 0.3) is 0 Å². The second kappa shape index (κ2) is 7.98. The molecule has 0 fully saturated rings. The molecule has 1 atom stereocenters. The van der Waals surface area contributed by atoms with E-state index in [1.807, 2.05) is 20.8 Å². The fraction of sp³-hybridized carbons (Fsp3) is 0.571. The van der Waals surface area contributed by atoms with Crippen LogP contribution in [0, 0.1) is 5.92 Å². The van der Waals surface area contributed by atoms with E-state index in [1.165, 1.54) is 6.07 Å². The Bertz CT molecular complexity index is 532. The van der Waals surface area contributed by atoms with Crippen molar-refractivity contribution in [1.82, 2.24) is 10.0 Å². The first-order chi connectivity index (χ1) is 9.40. The Morgan fingerprint density at radius 1 is 1.30 bits per heavy atom. The van der Waals surface area contributed by atoms with E-state index in [4.69, 9.17) is 11.6 Å². The van der Waals surface area contributed by atoms with E-state index in [0.29, 0.717) is 24.0 Å². The maximum Gasteiger partial charge on any atom is 0.240 e. The molecule has 0 radical (unpaired) electrons. The summed E-state index contributed by atoms with van der Waals surface area (Å²) in [4.78, 5) is 0.214. The molecule has 1 aromatic rings. The molecule has 0 aliphatic heterocycles. The van der Waals surface area contributed by atoms with Gasteiger partial charge in [-0.1, -0.05) is 44.9 Å². The highest BCUT2D eigenvalue weighted by atomic mass is 35.5. The van der Waals surface area contributed by atoms with Crippen molar-refractivity contribution in [2.45, 2.75) is 38.6 Å². The van der Waals surface area contributed by atoms with Crippen molar-refractivity contribution in [3.63, 3.8) is 0 Å². The van der Waals surface area contributed by atoms with E-state index in [1.54, 1.807) is 12.1 Å². The third kappa shape index (κ3) is 5.05. The van der Waals surface area contributed by atoms with Crippen molar-refractivity contribution >= 4 is 21.6 Å². The number of hydrogen-bond acceptors (Lipinski definition) is 3. The minimum atomic E-state index is -3.48. The van der Waals surface area contributed by atoms with Gasteiger partial charge in [-0.3, -0.25) is 0 Å². The fourth-order valence-corrected chi connectivity index (χ4v) is 3.08. The van der Waals surface area contributed by atoms with Gasteiger partial charge in [0.1, 0.15) is 0 Å². The topological polar surface area (TPSA) is 58.2 Å². The minimum Gasteiger partial charge on any atom is -0.313 e. The van der Waals surface area contributed by atoms with Gasteiger partial charge in [-0.05, 0) is 30.2 Å². The van der Waals surface area contributed by atoms with E-state index >= 15 is 0 Å². The molecule has 1 unspecified atom stereocenters. The predicted octanol–water partition coefficient (Wildman–Crippen LogP) is 2.77. The summed E-state index contributed by atoms with van der Waals surface area (Å²) in [5.41, 5.74) is 0.898. The van der Waals surface area contributed by atoms with Crippen molar-refractivity contribution in [1.29, 1.82) is 0 Å². The molecule has 0 heterocycles. The Labute approximate surface area is 127 Å². The van der Waals surface area contributed by atoms with Crippen LogP contribution in [0.4, 0.5) is 0 Å².